The Morgan fingerprint density at radius 2 is 0.528 bits per heavy atom. The van der Waals surface area contributed by atoms with Crippen molar-refractivity contribution in [3.05, 3.63) is 119 Å². The van der Waals surface area contributed by atoms with Gasteiger partial charge in [-0.3, -0.25) is 0 Å². The molecule has 36 heavy (non-hydrogen) atoms. The van der Waals surface area contributed by atoms with Crippen LogP contribution in [0.2, 0.25) is 0 Å². The lowest BCUT2D eigenvalue weighted by atomic mass is 10.2. The number of benzene rings is 4. The molecule has 0 amide bonds. The molecular weight excluding hydrogens is 470 g/mol. The van der Waals surface area contributed by atoms with Crippen LogP contribution in [0.4, 0.5) is 0 Å². The maximum Gasteiger partial charge on any atom is -0.0195 e. The van der Waals surface area contributed by atoms with Gasteiger partial charge in [0.15, 0.2) is 0 Å². The summed E-state index contributed by atoms with van der Waals surface area (Å²) >= 11 is 0. The molecule has 0 fully saturated rings. The first-order valence-electron chi connectivity index (χ1n) is 13.6. The van der Waals surface area contributed by atoms with Gasteiger partial charge in [0.1, 0.15) is 0 Å². The number of rotatable bonds is 11. The molecule has 0 N–H and O–H groups in total. The number of hydrogen-bond donors (Lipinski definition) is 0. The molecule has 4 rings (SSSR count). The third-order valence-corrected chi connectivity index (χ3v) is 12.6. The summed E-state index contributed by atoms with van der Waals surface area (Å²) in [6, 6.07) is 37.8. The highest BCUT2D eigenvalue weighted by Gasteiger charge is 2.20. The monoisotopic (exact) mass is 510 g/mol. The first-order chi connectivity index (χ1) is 17.6. The van der Waals surface area contributed by atoms with Gasteiger partial charge in [-0.1, -0.05) is 125 Å². The predicted octanol–water partition coefficient (Wildman–Crippen LogP) is 7.50. The van der Waals surface area contributed by atoms with Crippen molar-refractivity contribution in [3.63, 3.8) is 0 Å². The highest BCUT2D eigenvalue weighted by molar-refractivity contribution is 7.76. The van der Waals surface area contributed by atoms with Crippen LogP contribution in [0.1, 0.15) is 49.9 Å². The molecule has 0 unspecified atom stereocenters. The van der Waals surface area contributed by atoms with E-state index in [1.54, 1.807) is 0 Å². The molecule has 4 aromatic carbocycles. The minimum absolute atomic E-state index is 0.401. The fourth-order valence-corrected chi connectivity index (χ4v) is 9.93. The van der Waals surface area contributed by atoms with Gasteiger partial charge in [-0.05, 0) is 97.3 Å². The van der Waals surface area contributed by atoms with E-state index in [0.717, 1.165) is 25.7 Å². The minimum atomic E-state index is -0.401. The third-order valence-electron chi connectivity index (χ3n) is 7.17. The van der Waals surface area contributed by atoms with Crippen LogP contribution in [-0.2, 0) is 25.7 Å². The molecule has 186 valence electrons. The van der Waals surface area contributed by atoms with E-state index in [2.05, 4.69) is 125 Å². The zero-order valence-corrected chi connectivity index (χ0v) is 24.2. The van der Waals surface area contributed by atoms with Crippen molar-refractivity contribution in [2.45, 2.75) is 53.4 Å². The van der Waals surface area contributed by atoms with E-state index >= 15 is 0 Å². The number of hydrogen-bond acceptors (Lipinski definition) is 0. The van der Waals surface area contributed by atoms with Gasteiger partial charge in [0.25, 0.3) is 0 Å². The molecule has 0 aliphatic carbocycles. The summed E-state index contributed by atoms with van der Waals surface area (Å²) in [6.07, 6.45) is 6.80. The van der Waals surface area contributed by atoms with E-state index in [9.17, 15) is 0 Å². The highest BCUT2D eigenvalue weighted by atomic mass is 31.1. The molecule has 0 atom stereocenters. The lowest BCUT2D eigenvalue weighted by Gasteiger charge is -2.24. The first-order valence-corrected chi connectivity index (χ1v) is 16.6. The summed E-state index contributed by atoms with van der Waals surface area (Å²) in [5.74, 6) is 0. The summed E-state index contributed by atoms with van der Waals surface area (Å²) in [6.45, 7) is 8.95. The van der Waals surface area contributed by atoms with E-state index < -0.39 is 15.8 Å². The van der Waals surface area contributed by atoms with Crippen molar-refractivity contribution < 1.29 is 0 Å². The smallest absolute Gasteiger partial charge is 0.0195 e. The molecule has 0 saturated heterocycles. The van der Waals surface area contributed by atoms with Crippen molar-refractivity contribution in [2.24, 2.45) is 0 Å². The molecule has 0 radical (unpaired) electrons. The Hall–Kier alpha value is -2.26. The summed E-state index contributed by atoms with van der Waals surface area (Å²) in [5.41, 5.74) is 5.68. The van der Waals surface area contributed by atoms with Gasteiger partial charge in [-0.25, -0.2) is 0 Å². The zero-order valence-electron chi connectivity index (χ0n) is 22.4. The standard InChI is InChI=1S/C34H40P2/c1-5-27-9-17-31(18-10-27)35(32-19-11-28(6-2)12-20-32)25-26-36(33-21-13-29(7-3)14-22-33)34-23-15-30(8-4)16-24-34/h9-24H,5-8,25-26H2,1-4H3. The van der Waals surface area contributed by atoms with E-state index in [1.165, 1.54) is 55.8 Å². The molecule has 2 heteroatoms. The molecule has 0 nitrogen and oxygen atoms in total. The van der Waals surface area contributed by atoms with Crippen LogP contribution in [0.5, 0.6) is 0 Å². The molecular formula is C34H40P2. The van der Waals surface area contributed by atoms with Crippen molar-refractivity contribution in [1.82, 2.24) is 0 Å². The zero-order chi connectivity index (χ0) is 25.3. The first kappa shape index (κ1) is 26.8. The number of aryl methyl sites for hydroxylation is 4. The SMILES string of the molecule is CCc1ccc(P(CCP(c2ccc(CC)cc2)c2ccc(CC)cc2)c2ccc(CC)cc2)cc1. The van der Waals surface area contributed by atoms with Crippen LogP contribution in [0, 0.1) is 0 Å². The summed E-state index contributed by atoms with van der Waals surface area (Å²) in [5, 5.41) is 6.02. The Labute approximate surface area is 221 Å². The van der Waals surface area contributed by atoms with Gasteiger partial charge >= 0.3 is 0 Å². The second-order valence-corrected chi connectivity index (χ2v) is 14.1. The average molecular weight is 511 g/mol. The summed E-state index contributed by atoms with van der Waals surface area (Å²) in [7, 11) is -0.803. The molecule has 4 aromatic rings. The molecule has 0 bridgehead atoms. The van der Waals surface area contributed by atoms with Crippen molar-refractivity contribution in [2.75, 3.05) is 12.3 Å². The Morgan fingerprint density at radius 1 is 0.333 bits per heavy atom. The molecule has 0 saturated carbocycles. The lowest BCUT2D eigenvalue weighted by molar-refractivity contribution is 1.14. The van der Waals surface area contributed by atoms with E-state index in [-0.39, 0.29) is 0 Å². The van der Waals surface area contributed by atoms with Crippen molar-refractivity contribution in [3.8, 4) is 0 Å². The fraction of sp³-hybridized carbons (Fsp3) is 0.294. The van der Waals surface area contributed by atoms with E-state index in [4.69, 9.17) is 0 Å². The van der Waals surface area contributed by atoms with Gasteiger partial charge in [-0.15, -0.1) is 0 Å². The molecule has 0 heterocycles. The Balaban J connectivity index is 1.67. The van der Waals surface area contributed by atoms with Crippen molar-refractivity contribution in [1.29, 1.82) is 0 Å². The lowest BCUT2D eigenvalue weighted by Crippen LogP contribution is -2.20. The highest BCUT2D eigenvalue weighted by Crippen LogP contribution is 2.41. The van der Waals surface area contributed by atoms with E-state index in [1.807, 2.05) is 0 Å². The minimum Gasteiger partial charge on any atom is -0.0613 e. The summed E-state index contributed by atoms with van der Waals surface area (Å²) in [4.78, 5) is 0. The van der Waals surface area contributed by atoms with Crippen LogP contribution in [0.25, 0.3) is 0 Å². The van der Waals surface area contributed by atoms with E-state index in [0.29, 0.717) is 0 Å². The van der Waals surface area contributed by atoms with Crippen LogP contribution < -0.4 is 21.2 Å². The van der Waals surface area contributed by atoms with Crippen molar-refractivity contribution >= 4 is 37.1 Å². The molecule has 0 aliphatic heterocycles. The van der Waals surface area contributed by atoms with Gasteiger partial charge < -0.3 is 0 Å². The fourth-order valence-electron chi connectivity index (χ4n) is 4.66. The molecule has 0 aliphatic rings. The van der Waals surface area contributed by atoms with Crippen LogP contribution in [-0.4, -0.2) is 12.3 Å². The Bertz CT molecular complexity index is 996. The third kappa shape index (κ3) is 6.73. The topological polar surface area (TPSA) is 0 Å². The van der Waals surface area contributed by atoms with Crippen LogP contribution >= 0.6 is 15.8 Å². The van der Waals surface area contributed by atoms with Gasteiger partial charge in [-0.2, -0.15) is 0 Å². The van der Waals surface area contributed by atoms with Gasteiger partial charge in [0.2, 0.25) is 0 Å². The van der Waals surface area contributed by atoms with Gasteiger partial charge in [0.05, 0.1) is 0 Å². The summed E-state index contributed by atoms with van der Waals surface area (Å²) < 4.78 is 0. The maximum absolute atomic E-state index is 2.40. The van der Waals surface area contributed by atoms with Crippen LogP contribution in [0.15, 0.2) is 97.1 Å². The second kappa shape index (κ2) is 13.3. The molecule has 0 spiro atoms. The Morgan fingerprint density at radius 3 is 0.694 bits per heavy atom. The largest absolute Gasteiger partial charge is 0.0613 e. The quantitative estimate of drug-likeness (QED) is 0.183. The average Bonchev–Trinajstić information content (AvgIpc) is 2.96. The normalized spacial score (nSPS) is 11.4. The molecule has 0 aromatic heterocycles. The van der Waals surface area contributed by atoms with Crippen LogP contribution in [0.3, 0.4) is 0 Å². The van der Waals surface area contributed by atoms with Gasteiger partial charge in [0, 0.05) is 0 Å². The Kier molecular flexibility index (Phi) is 9.92. The predicted molar refractivity (Wildman–Crippen MR) is 165 cm³/mol. The maximum atomic E-state index is 2.40. The second-order valence-electron chi connectivity index (χ2n) is 9.38.